The molecule has 5 nitrogen and oxygen atoms in total. The van der Waals surface area contributed by atoms with Crippen LogP contribution in [0.3, 0.4) is 0 Å². The average molecular weight is 402 g/mol. The molecule has 0 fully saturated rings. The number of carbonyl (C=O) groups is 1. The molecule has 0 radical (unpaired) electrons. The number of aromatic nitrogens is 1. The Morgan fingerprint density at radius 1 is 1.30 bits per heavy atom. The van der Waals surface area contributed by atoms with E-state index in [4.69, 9.17) is 4.74 Å². The van der Waals surface area contributed by atoms with E-state index in [9.17, 15) is 18.0 Å². The van der Waals surface area contributed by atoms with Crippen molar-refractivity contribution < 1.29 is 27.4 Å². The van der Waals surface area contributed by atoms with Gasteiger partial charge in [-0.15, -0.1) is 11.3 Å². The molecule has 9 heteroatoms. The largest absolute Gasteiger partial charge is 0.482 e. The van der Waals surface area contributed by atoms with Gasteiger partial charge < -0.3 is 14.8 Å². The molecule has 148 valence electrons. The molecule has 1 unspecified atom stereocenters. The Bertz CT molecular complexity index is 732. The first-order valence-corrected chi connectivity index (χ1v) is 9.19. The minimum absolute atomic E-state index is 0.139. The summed E-state index contributed by atoms with van der Waals surface area (Å²) in [5, 5.41) is 3.87. The molecule has 2 aromatic rings. The van der Waals surface area contributed by atoms with E-state index in [2.05, 4.69) is 15.0 Å². The first-order chi connectivity index (χ1) is 12.8. The lowest BCUT2D eigenvalue weighted by molar-refractivity contribution is -0.143. The highest BCUT2D eigenvalue weighted by atomic mass is 32.1. The van der Waals surface area contributed by atoms with Crippen LogP contribution >= 0.6 is 11.3 Å². The standard InChI is InChI=1S/C18H21F3N2O3S/c1-12(13-3-5-15(6-4-13)26-10-16(24)25-2)9-22-8-7-14-11-27-17(23-14)18(19,20)21/h3-6,11-12,22H,7-10H2,1-2H3. The number of rotatable bonds is 9. The molecule has 0 aliphatic heterocycles. The molecule has 27 heavy (non-hydrogen) atoms. The SMILES string of the molecule is COC(=O)COc1ccc(C(C)CNCCc2csc(C(F)(F)F)n2)cc1. The van der Waals surface area contributed by atoms with Crippen LogP contribution in [0.2, 0.25) is 0 Å². The second-order valence-electron chi connectivity index (χ2n) is 5.93. The van der Waals surface area contributed by atoms with E-state index in [1.165, 1.54) is 12.5 Å². The molecule has 0 spiro atoms. The predicted molar refractivity (Wildman–Crippen MR) is 96.1 cm³/mol. The summed E-state index contributed by atoms with van der Waals surface area (Å²) in [6.07, 6.45) is -3.93. The Kier molecular flexibility index (Phi) is 7.61. The van der Waals surface area contributed by atoms with Crippen molar-refractivity contribution in [1.29, 1.82) is 0 Å². The van der Waals surface area contributed by atoms with Crippen LogP contribution in [-0.2, 0) is 22.1 Å². The summed E-state index contributed by atoms with van der Waals surface area (Å²) in [5.74, 6) is 0.341. The van der Waals surface area contributed by atoms with Crippen LogP contribution < -0.4 is 10.1 Å². The normalized spacial score (nSPS) is 12.6. The number of esters is 1. The number of halogens is 3. The Morgan fingerprint density at radius 3 is 2.59 bits per heavy atom. The highest BCUT2D eigenvalue weighted by molar-refractivity contribution is 7.09. The van der Waals surface area contributed by atoms with Gasteiger partial charge in [0.15, 0.2) is 11.6 Å². The van der Waals surface area contributed by atoms with Gasteiger partial charge in [0.2, 0.25) is 0 Å². The molecule has 0 saturated carbocycles. The molecular formula is C18H21F3N2O3S. The first kappa shape index (κ1) is 21.2. The van der Waals surface area contributed by atoms with Gasteiger partial charge in [-0.2, -0.15) is 13.2 Å². The van der Waals surface area contributed by atoms with Gasteiger partial charge in [-0.1, -0.05) is 19.1 Å². The maximum atomic E-state index is 12.5. The third kappa shape index (κ3) is 6.84. The topological polar surface area (TPSA) is 60.5 Å². The average Bonchev–Trinajstić information content (AvgIpc) is 3.13. The first-order valence-electron chi connectivity index (χ1n) is 8.31. The number of alkyl halides is 3. The third-order valence-corrected chi connectivity index (χ3v) is 4.77. The van der Waals surface area contributed by atoms with Gasteiger partial charge in [0.1, 0.15) is 5.75 Å². The predicted octanol–water partition coefficient (Wildman–Crippen LogP) is 3.65. The van der Waals surface area contributed by atoms with Crippen LogP contribution in [-0.4, -0.2) is 37.8 Å². The van der Waals surface area contributed by atoms with Crippen LogP contribution in [0.15, 0.2) is 29.6 Å². The molecule has 2 rings (SSSR count). The zero-order valence-electron chi connectivity index (χ0n) is 15.0. The quantitative estimate of drug-likeness (QED) is 0.513. The molecular weight excluding hydrogens is 381 g/mol. The minimum atomic E-state index is -4.38. The monoisotopic (exact) mass is 402 g/mol. The van der Waals surface area contributed by atoms with Crippen LogP contribution in [0.5, 0.6) is 5.75 Å². The summed E-state index contributed by atoms with van der Waals surface area (Å²) in [6.45, 7) is 3.13. The van der Waals surface area contributed by atoms with Crippen LogP contribution in [0.25, 0.3) is 0 Å². The number of benzene rings is 1. The zero-order chi connectivity index (χ0) is 19.9. The summed E-state index contributed by atoms with van der Waals surface area (Å²) in [5.41, 5.74) is 1.53. The number of methoxy groups -OCH3 is 1. The van der Waals surface area contributed by atoms with Crippen molar-refractivity contribution in [3.8, 4) is 5.75 Å². The summed E-state index contributed by atoms with van der Waals surface area (Å²) >= 11 is 0.621. The molecule has 0 saturated heterocycles. The molecule has 0 aliphatic rings. The lowest BCUT2D eigenvalue weighted by atomic mass is 10.0. The zero-order valence-corrected chi connectivity index (χ0v) is 15.8. The van der Waals surface area contributed by atoms with Gasteiger partial charge in [0, 0.05) is 24.9 Å². The van der Waals surface area contributed by atoms with E-state index in [1.807, 2.05) is 19.1 Å². The fraction of sp³-hybridized carbons (Fsp3) is 0.444. The Hall–Kier alpha value is -2.13. The summed E-state index contributed by atoms with van der Waals surface area (Å²) in [4.78, 5) is 14.7. The highest BCUT2D eigenvalue weighted by Crippen LogP contribution is 2.31. The van der Waals surface area contributed by atoms with Crippen molar-refractivity contribution in [1.82, 2.24) is 10.3 Å². The van der Waals surface area contributed by atoms with Crippen molar-refractivity contribution in [2.75, 3.05) is 26.8 Å². The minimum Gasteiger partial charge on any atom is -0.482 e. The van der Waals surface area contributed by atoms with Crippen molar-refractivity contribution in [3.05, 3.63) is 45.9 Å². The van der Waals surface area contributed by atoms with Crippen LogP contribution in [0.1, 0.15) is 29.1 Å². The number of hydrogen-bond acceptors (Lipinski definition) is 6. The van der Waals surface area contributed by atoms with E-state index in [-0.39, 0.29) is 12.5 Å². The number of thiazole rings is 1. The molecule has 0 aliphatic carbocycles. The van der Waals surface area contributed by atoms with Gasteiger partial charge in [-0.05, 0) is 23.6 Å². The third-order valence-electron chi connectivity index (χ3n) is 3.84. The second-order valence-corrected chi connectivity index (χ2v) is 6.79. The summed E-state index contributed by atoms with van der Waals surface area (Å²) in [7, 11) is 1.30. The van der Waals surface area contributed by atoms with Gasteiger partial charge in [0.25, 0.3) is 0 Å². The smallest absolute Gasteiger partial charge is 0.443 e. The van der Waals surface area contributed by atoms with Crippen molar-refractivity contribution in [3.63, 3.8) is 0 Å². The number of nitrogens with zero attached hydrogens (tertiary/aromatic N) is 1. The fourth-order valence-corrected chi connectivity index (χ4v) is 3.02. The number of hydrogen-bond donors (Lipinski definition) is 1. The fourth-order valence-electron chi connectivity index (χ4n) is 2.30. The molecule has 1 aromatic carbocycles. The second kappa shape index (κ2) is 9.70. The maximum absolute atomic E-state index is 12.5. The molecule has 1 aromatic heterocycles. The Morgan fingerprint density at radius 2 is 2.00 bits per heavy atom. The van der Waals surface area contributed by atoms with Gasteiger partial charge >= 0.3 is 12.1 Å². The molecule has 1 atom stereocenters. The van der Waals surface area contributed by atoms with Crippen LogP contribution in [0.4, 0.5) is 13.2 Å². The highest BCUT2D eigenvalue weighted by Gasteiger charge is 2.34. The van der Waals surface area contributed by atoms with Crippen molar-refractivity contribution >= 4 is 17.3 Å². The van der Waals surface area contributed by atoms with Crippen molar-refractivity contribution in [2.24, 2.45) is 0 Å². The molecule has 1 N–H and O–H groups in total. The maximum Gasteiger partial charge on any atom is 0.443 e. The Balaban J connectivity index is 1.73. The van der Waals surface area contributed by atoms with E-state index in [0.29, 0.717) is 42.3 Å². The van der Waals surface area contributed by atoms with Crippen molar-refractivity contribution in [2.45, 2.75) is 25.4 Å². The molecule has 0 bridgehead atoms. The summed E-state index contributed by atoms with van der Waals surface area (Å²) < 4.78 is 47.4. The number of ether oxygens (including phenoxy) is 2. The lowest BCUT2D eigenvalue weighted by Crippen LogP contribution is -2.22. The van der Waals surface area contributed by atoms with Gasteiger partial charge in [-0.3, -0.25) is 0 Å². The molecule has 0 amide bonds. The molecule has 1 heterocycles. The van der Waals surface area contributed by atoms with E-state index in [0.717, 1.165) is 5.56 Å². The van der Waals surface area contributed by atoms with E-state index in [1.54, 1.807) is 12.1 Å². The van der Waals surface area contributed by atoms with Crippen LogP contribution in [0, 0.1) is 0 Å². The lowest BCUT2D eigenvalue weighted by Gasteiger charge is -2.13. The Labute approximate surface area is 159 Å². The van der Waals surface area contributed by atoms with E-state index >= 15 is 0 Å². The van der Waals surface area contributed by atoms with Gasteiger partial charge in [0.05, 0.1) is 12.8 Å². The van der Waals surface area contributed by atoms with Gasteiger partial charge in [-0.25, -0.2) is 9.78 Å². The number of nitrogens with one attached hydrogen (secondary N) is 1. The number of carbonyl (C=O) groups excluding carboxylic acids is 1. The summed E-state index contributed by atoms with van der Waals surface area (Å²) in [6, 6.07) is 7.38. The van der Waals surface area contributed by atoms with E-state index < -0.39 is 17.2 Å².